The van der Waals surface area contributed by atoms with Gasteiger partial charge in [-0.25, -0.2) is 4.74 Å². The van der Waals surface area contributed by atoms with Gasteiger partial charge in [-0.15, -0.1) is 0 Å². The van der Waals surface area contributed by atoms with Gasteiger partial charge in [0.25, 0.3) is 0 Å². The SMILES string of the molecule is CCO/C(Br)=C/P=Nc1c(C(C)(C)C)cc(C(C)(C)C)cc1C(C)(C)C. The van der Waals surface area contributed by atoms with Crippen LogP contribution in [0.25, 0.3) is 0 Å². The molecule has 0 heterocycles. The molecule has 0 aliphatic heterocycles. The third kappa shape index (κ3) is 6.50. The highest BCUT2D eigenvalue weighted by atomic mass is 79.9. The first-order valence-corrected chi connectivity index (χ1v) is 11.0. The van der Waals surface area contributed by atoms with E-state index < -0.39 is 0 Å². The zero-order valence-corrected chi connectivity index (χ0v) is 20.6. The van der Waals surface area contributed by atoms with E-state index in [2.05, 4.69) is 90.4 Å². The molecule has 146 valence electrons. The molecule has 0 aromatic heterocycles. The Morgan fingerprint density at radius 2 is 1.42 bits per heavy atom. The monoisotopic (exact) mass is 439 g/mol. The lowest BCUT2D eigenvalue weighted by Crippen LogP contribution is -2.21. The molecule has 1 aromatic carbocycles. The molecule has 0 saturated heterocycles. The molecule has 0 N–H and O–H groups in total. The molecule has 0 amide bonds. The number of benzene rings is 1. The number of nitrogens with zero attached hydrogens (tertiary/aromatic N) is 1. The Kier molecular flexibility index (Phi) is 7.70. The molecule has 0 saturated carbocycles. The molecule has 0 aliphatic carbocycles. The van der Waals surface area contributed by atoms with E-state index in [9.17, 15) is 0 Å². The zero-order chi connectivity index (χ0) is 20.3. The molecule has 0 radical (unpaired) electrons. The van der Waals surface area contributed by atoms with Crippen molar-refractivity contribution in [3.8, 4) is 0 Å². The molecule has 0 spiro atoms. The molecule has 1 aromatic rings. The number of rotatable bonds is 4. The predicted octanol–water partition coefficient (Wildman–Crippen LogP) is 8.57. The minimum atomic E-state index is 0.0243. The summed E-state index contributed by atoms with van der Waals surface area (Å²) in [6, 6.07) is 4.70. The van der Waals surface area contributed by atoms with Gasteiger partial charge in [-0.2, -0.15) is 0 Å². The van der Waals surface area contributed by atoms with E-state index in [0.29, 0.717) is 6.61 Å². The van der Waals surface area contributed by atoms with E-state index >= 15 is 0 Å². The average molecular weight is 440 g/mol. The summed E-state index contributed by atoms with van der Waals surface area (Å²) in [4.78, 5) is 0. The fraction of sp³-hybridized carbons (Fsp3) is 0.636. The van der Waals surface area contributed by atoms with E-state index in [0.717, 1.165) is 18.7 Å². The number of hydrogen-bond acceptors (Lipinski definition) is 2. The van der Waals surface area contributed by atoms with E-state index in [-0.39, 0.29) is 16.2 Å². The van der Waals surface area contributed by atoms with Crippen LogP contribution in [0.4, 0.5) is 5.69 Å². The second kappa shape index (κ2) is 8.57. The summed E-state index contributed by atoms with van der Waals surface area (Å²) in [6.07, 6.45) is 0. The van der Waals surface area contributed by atoms with Crippen molar-refractivity contribution in [2.24, 2.45) is 4.74 Å². The Morgan fingerprint density at radius 3 is 1.77 bits per heavy atom. The summed E-state index contributed by atoms with van der Waals surface area (Å²) in [5.41, 5.74) is 5.26. The van der Waals surface area contributed by atoms with E-state index in [1.165, 1.54) is 16.7 Å². The maximum atomic E-state index is 5.45. The highest BCUT2D eigenvalue weighted by molar-refractivity contribution is 9.11. The minimum absolute atomic E-state index is 0.0243. The normalized spacial score (nSPS) is 14.2. The van der Waals surface area contributed by atoms with E-state index in [4.69, 9.17) is 9.48 Å². The third-order valence-electron chi connectivity index (χ3n) is 4.19. The number of halogens is 1. The molecule has 4 heteroatoms. The van der Waals surface area contributed by atoms with Crippen molar-refractivity contribution in [2.45, 2.75) is 85.5 Å². The van der Waals surface area contributed by atoms with Gasteiger partial charge in [0.15, 0.2) is 4.67 Å². The Labute approximate surface area is 170 Å². The van der Waals surface area contributed by atoms with Crippen molar-refractivity contribution < 1.29 is 4.74 Å². The molecule has 26 heavy (non-hydrogen) atoms. The molecule has 2 nitrogen and oxygen atoms in total. The van der Waals surface area contributed by atoms with Crippen LogP contribution in [0.15, 0.2) is 27.4 Å². The van der Waals surface area contributed by atoms with Crippen LogP contribution in [0, 0.1) is 0 Å². The topological polar surface area (TPSA) is 21.6 Å². The van der Waals surface area contributed by atoms with Crippen molar-refractivity contribution in [1.29, 1.82) is 0 Å². The van der Waals surface area contributed by atoms with Crippen LogP contribution in [0.2, 0.25) is 0 Å². The van der Waals surface area contributed by atoms with Gasteiger partial charge in [0.2, 0.25) is 0 Å². The van der Waals surface area contributed by atoms with Crippen LogP contribution in [0.3, 0.4) is 0 Å². The van der Waals surface area contributed by atoms with Gasteiger partial charge in [0.05, 0.1) is 12.3 Å². The van der Waals surface area contributed by atoms with Crippen molar-refractivity contribution in [1.82, 2.24) is 0 Å². The smallest absolute Gasteiger partial charge is 0.168 e. The minimum Gasteiger partial charge on any atom is -0.487 e. The molecule has 0 fully saturated rings. The Balaban J connectivity index is 3.69. The van der Waals surface area contributed by atoms with Gasteiger partial charge in [0.1, 0.15) is 0 Å². The standard InChI is InChI=1S/C22H35BrNOP/c1-11-25-18(23)14-26-24-19-16(21(5,6)7)12-15(20(2,3)4)13-17(19)22(8,9)10/h12-14H,11H2,1-10H3/b18-14+. The molecule has 1 rings (SSSR count). The van der Waals surface area contributed by atoms with Crippen molar-refractivity contribution in [3.05, 3.63) is 39.3 Å². The fourth-order valence-electron chi connectivity index (χ4n) is 2.63. The van der Waals surface area contributed by atoms with E-state index in [1.807, 2.05) is 12.7 Å². The summed E-state index contributed by atoms with van der Waals surface area (Å²) in [5.74, 6) is 1.96. The van der Waals surface area contributed by atoms with Crippen molar-refractivity contribution in [3.63, 3.8) is 0 Å². The maximum Gasteiger partial charge on any atom is 0.168 e. The summed E-state index contributed by atoms with van der Waals surface area (Å²) in [5, 5.41) is 0. The molecule has 0 aliphatic rings. The second-order valence-electron chi connectivity index (χ2n) is 9.75. The third-order valence-corrected chi connectivity index (χ3v) is 5.67. The summed E-state index contributed by atoms with van der Waals surface area (Å²) in [6.45, 7) is 23.1. The number of hydrogen-bond donors (Lipinski definition) is 0. The fourth-order valence-corrected chi connectivity index (χ4v) is 3.68. The summed E-state index contributed by atoms with van der Waals surface area (Å²) < 4.78 is 11.2. The quantitative estimate of drug-likeness (QED) is 0.339. The van der Waals surface area contributed by atoms with E-state index in [1.54, 1.807) is 0 Å². The zero-order valence-electron chi connectivity index (χ0n) is 18.1. The Bertz CT molecular complexity index is 651. The van der Waals surface area contributed by atoms with Crippen LogP contribution in [-0.4, -0.2) is 6.61 Å². The largest absolute Gasteiger partial charge is 0.487 e. The molecule has 0 bridgehead atoms. The highest BCUT2D eigenvalue weighted by Gasteiger charge is 2.28. The first kappa shape index (κ1) is 23.4. The van der Waals surface area contributed by atoms with Crippen LogP contribution in [0.5, 0.6) is 0 Å². The van der Waals surface area contributed by atoms with Crippen molar-refractivity contribution in [2.75, 3.05) is 6.61 Å². The maximum absolute atomic E-state index is 5.45. The summed E-state index contributed by atoms with van der Waals surface area (Å²) in [7, 11) is 0.872. The average Bonchev–Trinajstić information content (AvgIpc) is 2.43. The van der Waals surface area contributed by atoms with Gasteiger partial charge < -0.3 is 4.74 Å². The van der Waals surface area contributed by atoms with Crippen LogP contribution in [-0.2, 0) is 21.0 Å². The lowest BCUT2D eigenvalue weighted by Gasteiger charge is -2.32. The van der Waals surface area contributed by atoms with Crippen LogP contribution < -0.4 is 0 Å². The lowest BCUT2D eigenvalue weighted by molar-refractivity contribution is 0.261. The van der Waals surface area contributed by atoms with Gasteiger partial charge in [-0.3, -0.25) is 0 Å². The Morgan fingerprint density at radius 1 is 0.962 bits per heavy atom. The first-order valence-electron chi connectivity index (χ1n) is 9.26. The predicted molar refractivity (Wildman–Crippen MR) is 120 cm³/mol. The number of ether oxygens (including phenoxy) is 1. The highest BCUT2D eigenvalue weighted by Crippen LogP contribution is 2.44. The molecular formula is C22H35BrNOP. The molecule has 0 unspecified atom stereocenters. The lowest BCUT2D eigenvalue weighted by atomic mass is 9.74. The molecule has 0 atom stereocenters. The Hall–Kier alpha value is -0.660. The van der Waals surface area contributed by atoms with Gasteiger partial charge in [0, 0.05) is 14.2 Å². The first-order chi connectivity index (χ1) is 11.7. The van der Waals surface area contributed by atoms with Gasteiger partial charge >= 0.3 is 0 Å². The van der Waals surface area contributed by atoms with Crippen molar-refractivity contribution >= 4 is 30.0 Å². The second-order valence-corrected chi connectivity index (χ2v) is 11.2. The molecular weight excluding hydrogens is 405 g/mol. The van der Waals surface area contributed by atoms with Crippen LogP contribution in [0.1, 0.15) is 85.9 Å². The summed E-state index contributed by atoms with van der Waals surface area (Å²) >= 11 is 3.44. The van der Waals surface area contributed by atoms with Gasteiger partial charge in [-0.1, -0.05) is 74.4 Å². The van der Waals surface area contributed by atoms with Crippen LogP contribution >= 0.6 is 24.3 Å². The van der Waals surface area contributed by atoms with Gasteiger partial charge in [-0.05, 0) is 55.8 Å².